The van der Waals surface area contributed by atoms with Gasteiger partial charge in [0, 0.05) is 11.3 Å². The van der Waals surface area contributed by atoms with Gasteiger partial charge in [0.1, 0.15) is 6.33 Å². The molecule has 0 atom stereocenters. The van der Waals surface area contributed by atoms with Crippen molar-refractivity contribution in [3.8, 4) is 0 Å². The van der Waals surface area contributed by atoms with Crippen LogP contribution in [0.1, 0.15) is 13.8 Å². The Bertz CT molecular complexity index is 300. The maximum Gasteiger partial charge on any atom is 0.194 e. The first kappa shape index (κ1) is 9.80. The molecule has 1 heterocycles. The van der Waals surface area contributed by atoms with Gasteiger partial charge in [-0.15, -0.1) is 0 Å². The minimum atomic E-state index is 0.210. The van der Waals surface area contributed by atoms with E-state index in [2.05, 4.69) is 30.3 Å². The Balaban J connectivity index is 2.77. The Kier molecular flexibility index (Phi) is 2.95. The molecule has 0 amide bonds. The fraction of sp³-hybridized carbons (Fsp3) is 0.714. The summed E-state index contributed by atoms with van der Waals surface area (Å²) in [5, 5.41) is 6.60. The molecule has 1 aromatic heterocycles. The molecule has 1 N–H and O–H groups in total. The molecule has 0 unspecified atom stereocenters. The molecular formula is C7H13N3S2. The minimum absolute atomic E-state index is 0.210. The van der Waals surface area contributed by atoms with Crippen LogP contribution in [0.3, 0.4) is 0 Å². The van der Waals surface area contributed by atoms with E-state index in [0.717, 1.165) is 6.54 Å². The van der Waals surface area contributed by atoms with Crippen molar-refractivity contribution >= 4 is 24.0 Å². The van der Waals surface area contributed by atoms with Gasteiger partial charge in [0.25, 0.3) is 0 Å². The summed E-state index contributed by atoms with van der Waals surface area (Å²) < 4.78 is 2.85. The van der Waals surface area contributed by atoms with E-state index in [-0.39, 0.29) is 4.75 Å². The summed E-state index contributed by atoms with van der Waals surface area (Å²) in [7, 11) is 0. The molecule has 3 nitrogen and oxygen atoms in total. The third-order valence-electron chi connectivity index (χ3n) is 1.72. The molecule has 0 bridgehead atoms. The molecule has 1 rings (SSSR count). The number of rotatable bonds is 3. The summed E-state index contributed by atoms with van der Waals surface area (Å²) in [6.45, 7) is 5.27. The summed E-state index contributed by atoms with van der Waals surface area (Å²) in [5.74, 6) is 0. The molecule has 1 aromatic rings. The van der Waals surface area contributed by atoms with Gasteiger partial charge in [0.15, 0.2) is 4.77 Å². The van der Waals surface area contributed by atoms with Crippen LogP contribution in [0.4, 0.5) is 0 Å². The smallest absolute Gasteiger partial charge is 0.194 e. The topological polar surface area (TPSA) is 33.6 Å². The van der Waals surface area contributed by atoms with Gasteiger partial charge in [-0.2, -0.15) is 16.9 Å². The predicted octanol–water partition coefficient (Wildman–Crippen LogP) is 2.08. The first-order chi connectivity index (χ1) is 5.55. The summed E-state index contributed by atoms with van der Waals surface area (Å²) in [4.78, 5) is 0. The van der Waals surface area contributed by atoms with E-state index in [0.29, 0.717) is 4.77 Å². The Hall–Kier alpha value is -0.290. The highest BCUT2D eigenvalue weighted by Crippen LogP contribution is 2.22. The van der Waals surface area contributed by atoms with Crippen LogP contribution >= 0.6 is 24.0 Å². The van der Waals surface area contributed by atoms with Crippen LogP contribution in [0, 0.1) is 4.77 Å². The number of nitrogens with zero attached hydrogens (tertiary/aromatic N) is 2. The van der Waals surface area contributed by atoms with Crippen molar-refractivity contribution in [2.75, 3.05) is 6.26 Å². The second kappa shape index (κ2) is 3.62. The predicted molar refractivity (Wildman–Crippen MR) is 55.0 cm³/mol. The standard InChI is InChI=1S/C7H13N3S2/c1-7(2,12-3)4-10-5-8-9-6(10)11/h5H,4H2,1-3H3,(H,9,11). The zero-order valence-corrected chi connectivity index (χ0v) is 9.13. The van der Waals surface area contributed by atoms with E-state index >= 15 is 0 Å². The number of thioether (sulfide) groups is 1. The summed E-state index contributed by atoms with van der Waals surface area (Å²) in [6.07, 6.45) is 3.84. The lowest BCUT2D eigenvalue weighted by Crippen LogP contribution is -2.22. The van der Waals surface area contributed by atoms with Crippen LogP contribution in [0.15, 0.2) is 6.33 Å². The van der Waals surface area contributed by atoms with Gasteiger partial charge in [-0.1, -0.05) is 0 Å². The van der Waals surface area contributed by atoms with Gasteiger partial charge in [0.05, 0.1) is 0 Å². The molecule has 0 fully saturated rings. The molecule has 0 aliphatic heterocycles. The average Bonchev–Trinajstić information content (AvgIpc) is 2.36. The molecule has 12 heavy (non-hydrogen) atoms. The van der Waals surface area contributed by atoms with E-state index in [1.54, 1.807) is 6.33 Å². The number of nitrogens with one attached hydrogen (secondary N) is 1. The van der Waals surface area contributed by atoms with Crippen LogP contribution in [-0.2, 0) is 6.54 Å². The fourth-order valence-corrected chi connectivity index (χ4v) is 1.29. The molecule has 0 radical (unpaired) electrons. The largest absolute Gasteiger partial charge is 0.305 e. The van der Waals surface area contributed by atoms with Crippen LogP contribution in [-0.4, -0.2) is 25.8 Å². The SMILES string of the molecule is CSC(C)(C)Cn1cn[nH]c1=S. The van der Waals surface area contributed by atoms with Crippen LogP contribution in [0.5, 0.6) is 0 Å². The molecule has 68 valence electrons. The maximum atomic E-state index is 5.04. The summed E-state index contributed by atoms with van der Waals surface area (Å²) in [5.41, 5.74) is 0. The third-order valence-corrected chi connectivity index (χ3v) is 3.28. The lowest BCUT2D eigenvalue weighted by atomic mass is 10.2. The van der Waals surface area contributed by atoms with Gasteiger partial charge < -0.3 is 4.57 Å². The molecular weight excluding hydrogens is 190 g/mol. The highest BCUT2D eigenvalue weighted by Gasteiger charge is 2.16. The zero-order chi connectivity index (χ0) is 9.19. The number of hydrogen-bond donors (Lipinski definition) is 1. The molecule has 0 aromatic carbocycles. The van der Waals surface area contributed by atoms with Gasteiger partial charge in [0.2, 0.25) is 0 Å². The first-order valence-electron chi connectivity index (χ1n) is 3.70. The molecule has 0 aliphatic carbocycles. The molecule has 0 aliphatic rings. The number of aromatic amines is 1. The van der Waals surface area contributed by atoms with Crippen molar-refractivity contribution in [3.05, 3.63) is 11.1 Å². The van der Waals surface area contributed by atoms with E-state index < -0.39 is 0 Å². The van der Waals surface area contributed by atoms with Crippen molar-refractivity contribution in [1.29, 1.82) is 0 Å². The van der Waals surface area contributed by atoms with Crippen molar-refractivity contribution in [2.45, 2.75) is 25.1 Å². The molecule has 0 saturated carbocycles. The number of aromatic nitrogens is 3. The van der Waals surface area contributed by atoms with Gasteiger partial charge >= 0.3 is 0 Å². The van der Waals surface area contributed by atoms with E-state index in [1.807, 2.05) is 16.3 Å². The fourth-order valence-electron chi connectivity index (χ4n) is 0.858. The lowest BCUT2D eigenvalue weighted by molar-refractivity contribution is 0.562. The normalized spacial score (nSPS) is 11.9. The minimum Gasteiger partial charge on any atom is -0.305 e. The lowest BCUT2D eigenvalue weighted by Gasteiger charge is -2.21. The van der Waals surface area contributed by atoms with Gasteiger partial charge in [-0.3, -0.25) is 5.10 Å². The number of H-pyrrole nitrogens is 1. The van der Waals surface area contributed by atoms with Crippen molar-refractivity contribution in [2.24, 2.45) is 0 Å². The number of hydrogen-bond acceptors (Lipinski definition) is 3. The van der Waals surface area contributed by atoms with E-state index in [4.69, 9.17) is 12.2 Å². The molecule has 5 heteroatoms. The van der Waals surface area contributed by atoms with Crippen LogP contribution in [0.25, 0.3) is 0 Å². The highest BCUT2D eigenvalue weighted by molar-refractivity contribution is 7.99. The highest BCUT2D eigenvalue weighted by atomic mass is 32.2. The van der Waals surface area contributed by atoms with E-state index in [9.17, 15) is 0 Å². The summed E-state index contributed by atoms with van der Waals surface area (Å²) >= 11 is 6.86. The van der Waals surface area contributed by atoms with Crippen LogP contribution in [0.2, 0.25) is 0 Å². The Labute approximate surface area is 81.6 Å². The van der Waals surface area contributed by atoms with Gasteiger partial charge in [-0.05, 0) is 32.3 Å². The van der Waals surface area contributed by atoms with Crippen molar-refractivity contribution in [1.82, 2.24) is 14.8 Å². The summed E-state index contributed by atoms with van der Waals surface area (Å²) in [6, 6.07) is 0. The maximum absolute atomic E-state index is 5.04. The molecule has 0 saturated heterocycles. The quantitative estimate of drug-likeness (QED) is 0.764. The third kappa shape index (κ3) is 2.35. The zero-order valence-electron chi connectivity index (χ0n) is 7.50. The van der Waals surface area contributed by atoms with E-state index in [1.165, 1.54) is 0 Å². The van der Waals surface area contributed by atoms with Crippen molar-refractivity contribution in [3.63, 3.8) is 0 Å². The first-order valence-corrected chi connectivity index (χ1v) is 5.33. The second-order valence-electron chi connectivity index (χ2n) is 3.25. The monoisotopic (exact) mass is 203 g/mol. The van der Waals surface area contributed by atoms with Crippen molar-refractivity contribution < 1.29 is 0 Å². The Morgan fingerprint density at radius 3 is 2.83 bits per heavy atom. The Morgan fingerprint density at radius 1 is 1.75 bits per heavy atom. The Morgan fingerprint density at radius 2 is 2.42 bits per heavy atom. The average molecular weight is 203 g/mol. The molecule has 0 spiro atoms. The van der Waals surface area contributed by atoms with Crippen LogP contribution < -0.4 is 0 Å². The van der Waals surface area contributed by atoms with Gasteiger partial charge in [-0.25, -0.2) is 0 Å². The second-order valence-corrected chi connectivity index (χ2v) is 5.15.